The summed E-state index contributed by atoms with van der Waals surface area (Å²) in [6, 6.07) is 8.75. The van der Waals surface area contributed by atoms with Gasteiger partial charge in [-0.25, -0.2) is 0 Å². The lowest BCUT2D eigenvalue weighted by Crippen LogP contribution is -2.22. The highest BCUT2D eigenvalue weighted by Gasteiger charge is 2.05. The Hall–Kier alpha value is -1.87. The summed E-state index contributed by atoms with van der Waals surface area (Å²) >= 11 is 3.27. The summed E-state index contributed by atoms with van der Waals surface area (Å²) < 4.78 is 0.774. The third-order valence-corrected chi connectivity index (χ3v) is 2.19. The molecule has 0 saturated carbocycles. The molecule has 0 aliphatic carbocycles. The zero-order valence-corrected chi connectivity index (χ0v) is 9.15. The summed E-state index contributed by atoms with van der Waals surface area (Å²) in [7, 11) is 0. The van der Waals surface area contributed by atoms with Gasteiger partial charge in [-0.2, -0.15) is 10.4 Å². The molecule has 0 heterocycles. The van der Waals surface area contributed by atoms with Gasteiger partial charge in [-0.3, -0.25) is 10.2 Å². The number of carbonyl (C=O) groups excluding carboxylic acids is 1. The van der Waals surface area contributed by atoms with Gasteiger partial charge in [0.15, 0.2) is 0 Å². The molecule has 1 aromatic carbocycles. The van der Waals surface area contributed by atoms with Crippen LogP contribution in [-0.4, -0.2) is 11.6 Å². The van der Waals surface area contributed by atoms with Gasteiger partial charge in [0.25, 0.3) is 5.91 Å². The van der Waals surface area contributed by atoms with E-state index in [2.05, 4.69) is 26.5 Å². The Kier molecular flexibility index (Phi) is 3.83. The van der Waals surface area contributed by atoms with Gasteiger partial charge >= 0.3 is 0 Å². The molecule has 0 fully saturated rings. The van der Waals surface area contributed by atoms with Gasteiger partial charge in [-0.15, -0.1) is 0 Å². The second-order valence-electron chi connectivity index (χ2n) is 2.53. The number of nitrogens with two attached hydrogens (primary N) is 1. The molecule has 15 heavy (non-hydrogen) atoms. The molecule has 6 heteroatoms. The maximum absolute atomic E-state index is 10.7. The predicted molar refractivity (Wildman–Crippen MR) is 60.0 cm³/mol. The number of hydrogen-bond acceptors (Lipinski definition) is 4. The Labute approximate surface area is 94.7 Å². The van der Waals surface area contributed by atoms with E-state index in [1.54, 1.807) is 24.3 Å². The van der Waals surface area contributed by atoms with Crippen molar-refractivity contribution in [1.29, 1.82) is 5.26 Å². The van der Waals surface area contributed by atoms with Gasteiger partial charge in [-0.05, 0) is 28.1 Å². The van der Waals surface area contributed by atoms with Gasteiger partial charge in [0.05, 0.1) is 5.69 Å². The lowest BCUT2D eigenvalue weighted by atomic mass is 10.3. The number of carbonyl (C=O) groups is 1. The SMILES string of the molecule is N#C/C(=N/Nc1ccccc1Br)C(N)=O. The molecule has 0 bridgehead atoms. The lowest BCUT2D eigenvalue weighted by molar-refractivity contribution is -0.111. The number of nitrogens with zero attached hydrogens (tertiary/aromatic N) is 2. The molecule has 0 unspecified atom stereocenters. The molecule has 0 spiro atoms. The van der Waals surface area contributed by atoms with E-state index in [4.69, 9.17) is 11.0 Å². The average molecular weight is 267 g/mol. The van der Waals surface area contributed by atoms with Gasteiger partial charge in [0.2, 0.25) is 5.71 Å². The fourth-order valence-electron chi connectivity index (χ4n) is 0.803. The number of rotatable bonds is 3. The van der Waals surface area contributed by atoms with E-state index in [0.29, 0.717) is 5.69 Å². The van der Waals surface area contributed by atoms with E-state index in [0.717, 1.165) is 4.47 Å². The number of hydrogen-bond donors (Lipinski definition) is 2. The molecule has 1 aromatic rings. The van der Waals surface area contributed by atoms with Crippen LogP contribution in [0.3, 0.4) is 0 Å². The van der Waals surface area contributed by atoms with E-state index >= 15 is 0 Å². The van der Waals surface area contributed by atoms with E-state index in [1.807, 2.05) is 6.07 Å². The van der Waals surface area contributed by atoms with Crippen LogP contribution in [0.5, 0.6) is 0 Å². The maximum Gasteiger partial charge on any atom is 0.280 e. The summed E-state index contributed by atoms with van der Waals surface area (Å²) in [5.41, 5.74) is 7.74. The van der Waals surface area contributed by atoms with Crippen molar-refractivity contribution in [2.24, 2.45) is 10.8 Å². The van der Waals surface area contributed by atoms with Crippen LogP contribution in [0.4, 0.5) is 5.69 Å². The number of primary amides is 1. The molecular formula is C9H7BrN4O. The monoisotopic (exact) mass is 266 g/mol. The topological polar surface area (TPSA) is 91.3 Å². The number of anilines is 1. The van der Waals surface area contributed by atoms with Gasteiger partial charge in [0.1, 0.15) is 6.07 Å². The second kappa shape index (κ2) is 5.12. The van der Waals surface area contributed by atoms with Gasteiger partial charge in [-0.1, -0.05) is 12.1 Å². The van der Waals surface area contributed by atoms with Crippen molar-refractivity contribution in [3.63, 3.8) is 0 Å². The molecule has 3 N–H and O–H groups in total. The third kappa shape index (κ3) is 3.07. The molecule has 76 valence electrons. The number of halogens is 1. The minimum Gasteiger partial charge on any atom is -0.364 e. The largest absolute Gasteiger partial charge is 0.364 e. The Morgan fingerprint density at radius 2 is 2.20 bits per heavy atom. The Balaban J connectivity index is 2.85. The summed E-state index contributed by atoms with van der Waals surface area (Å²) in [5.74, 6) is -0.864. The summed E-state index contributed by atoms with van der Waals surface area (Å²) in [4.78, 5) is 10.7. The Morgan fingerprint density at radius 3 is 2.73 bits per heavy atom. The lowest BCUT2D eigenvalue weighted by Gasteiger charge is -2.02. The van der Waals surface area contributed by atoms with Crippen molar-refractivity contribution in [2.75, 3.05) is 5.43 Å². The van der Waals surface area contributed by atoms with Crippen LogP contribution in [0.15, 0.2) is 33.8 Å². The van der Waals surface area contributed by atoms with Gasteiger partial charge < -0.3 is 5.73 Å². The Morgan fingerprint density at radius 1 is 1.53 bits per heavy atom. The smallest absolute Gasteiger partial charge is 0.280 e. The molecular weight excluding hydrogens is 260 g/mol. The molecule has 0 aromatic heterocycles. The number of nitriles is 1. The van der Waals surface area contributed by atoms with Crippen molar-refractivity contribution in [1.82, 2.24) is 0 Å². The van der Waals surface area contributed by atoms with E-state index in [-0.39, 0.29) is 5.71 Å². The van der Waals surface area contributed by atoms with Crippen LogP contribution in [0, 0.1) is 11.3 Å². The first-order valence-electron chi connectivity index (χ1n) is 3.93. The van der Waals surface area contributed by atoms with Crippen LogP contribution in [-0.2, 0) is 4.79 Å². The maximum atomic E-state index is 10.7. The molecule has 0 aliphatic heterocycles. The van der Waals surface area contributed by atoms with Crippen LogP contribution >= 0.6 is 15.9 Å². The Bertz CT molecular complexity index is 450. The number of amides is 1. The van der Waals surface area contributed by atoms with Crippen molar-refractivity contribution in [3.05, 3.63) is 28.7 Å². The van der Waals surface area contributed by atoms with Crippen LogP contribution in [0.2, 0.25) is 0 Å². The number of para-hydroxylation sites is 1. The van der Waals surface area contributed by atoms with E-state index in [1.165, 1.54) is 0 Å². The average Bonchev–Trinajstić information content (AvgIpc) is 2.21. The highest BCUT2D eigenvalue weighted by Crippen LogP contribution is 2.20. The summed E-state index contributed by atoms with van der Waals surface area (Å²) in [5, 5.41) is 12.1. The highest BCUT2D eigenvalue weighted by atomic mass is 79.9. The number of benzene rings is 1. The molecule has 0 saturated heterocycles. The first kappa shape index (κ1) is 11.2. The highest BCUT2D eigenvalue weighted by molar-refractivity contribution is 9.10. The minimum atomic E-state index is -0.864. The summed E-state index contributed by atoms with van der Waals surface area (Å²) in [6.45, 7) is 0. The predicted octanol–water partition coefficient (Wildman–Crippen LogP) is 1.23. The zero-order chi connectivity index (χ0) is 11.3. The third-order valence-electron chi connectivity index (χ3n) is 1.50. The van der Waals surface area contributed by atoms with Crippen LogP contribution in [0.1, 0.15) is 0 Å². The molecule has 5 nitrogen and oxygen atoms in total. The number of hydrazone groups is 1. The van der Waals surface area contributed by atoms with Crippen molar-refractivity contribution < 1.29 is 4.79 Å². The van der Waals surface area contributed by atoms with Gasteiger partial charge in [0, 0.05) is 4.47 Å². The number of nitrogens with one attached hydrogen (secondary N) is 1. The minimum absolute atomic E-state index is 0.370. The normalized spacial score (nSPS) is 10.5. The standard InChI is InChI=1S/C9H7BrN4O/c10-6-3-1-2-4-7(6)13-14-8(5-11)9(12)15/h1-4,13H,(H2,12,15)/b14-8-. The quantitative estimate of drug-likeness (QED) is 0.637. The summed E-state index contributed by atoms with van der Waals surface area (Å²) in [6.07, 6.45) is 0. The molecule has 1 amide bonds. The van der Waals surface area contributed by atoms with Crippen molar-refractivity contribution in [3.8, 4) is 6.07 Å². The van der Waals surface area contributed by atoms with Crippen LogP contribution in [0.25, 0.3) is 0 Å². The second-order valence-corrected chi connectivity index (χ2v) is 3.38. The zero-order valence-electron chi connectivity index (χ0n) is 7.57. The first-order valence-corrected chi connectivity index (χ1v) is 4.72. The van der Waals surface area contributed by atoms with Crippen LogP contribution < -0.4 is 11.2 Å². The van der Waals surface area contributed by atoms with Crippen molar-refractivity contribution >= 4 is 33.2 Å². The fourth-order valence-corrected chi connectivity index (χ4v) is 1.18. The fraction of sp³-hybridized carbons (Fsp3) is 0. The first-order chi connectivity index (χ1) is 7.15. The van der Waals surface area contributed by atoms with E-state index < -0.39 is 5.91 Å². The van der Waals surface area contributed by atoms with Crippen molar-refractivity contribution in [2.45, 2.75) is 0 Å². The molecule has 0 radical (unpaired) electrons. The molecule has 1 rings (SSSR count). The molecule has 0 aliphatic rings. The molecule has 0 atom stereocenters. The van der Waals surface area contributed by atoms with E-state index in [9.17, 15) is 4.79 Å².